The van der Waals surface area contributed by atoms with Crippen molar-refractivity contribution >= 4 is 34.8 Å². The molecular formula is C10H8Cl2F3NO2. The van der Waals surface area contributed by atoms with Crippen molar-refractivity contribution in [3.63, 3.8) is 0 Å². The van der Waals surface area contributed by atoms with E-state index >= 15 is 0 Å². The molecular weight excluding hydrogens is 294 g/mol. The quantitative estimate of drug-likeness (QED) is 0.881. The van der Waals surface area contributed by atoms with E-state index in [1.54, 1.807) is 0 Å². The molecule has 1 aromatic rings. The Balaban J connectivity index is 2.99. The molecule has 0 aliphatic carbocycles. The summed E-state index contributed by atoms with van der Waals surface area (Å²) in [7, 11) is 0. The lowest BCUT2D eigenvalue weighted by atomic mass is 10.1. The van der Waals surface area contributed by atoms with Gasteiger partial charge in [-0.2, -0.15) is 13.2 Å². The highest BCUT2D eigenvalue weighted by atomic mass is 35.5. The molecule has 0 bridgehead atoms. The fourth-order valence-electron chi connectivity index (χ4n) is 0.973. The molecule has 1 atom stereocenters. The van der Waals surface area contributed by atoms with Crippen LogP contribution in [0.2, 0.25) is 10.0 Å². The Kier molecular flexibility index (Phi) is 4.15. The largest absolute Gasteiger partial charge is 0.426 e. The fourth-order valence-corrected chi connectivity index (χ4v) is 1.32. The van der Waals surface area contributed by atoms with Crippen LogP contribution in [-0.2, 0) is 4.79 Å². The van der Waals surface area contributed by atoms with Gasteiger partial charge in [0.1, 0.15) is 0 Å². The molecule has 0 aliphatic rings. The van der Waals surface area contributed by atoms with E-state index in [2.05, 4.69) is 0 Å². The summed E-state index contributed by atoms with van der Waals surface area (Å²) in [5.41, 5.74) is -3.63. The first kappa shape index (κ1) is 15.1. The molecule has 3 nitrogen and oxygen atoms in total. The summed E-state index contributed by atoms with van der Waals surface area (Å²) < 4.78 is 37.2. The highest BCUT2D eigenvalue weighted by Gasteiger charge is 2.55. The van der Waals surface area contributed by atoms with E-state index in [0.29, 0.717) is 6.92 Å². The minimum Gasteiger partial charge on any atom is -0.373 e. The van der Waals surface area contributed by atoms with Crippen LogP contribution in [0, 0.1) is 0 Å². The zero-order valence-electron chi connectivity index (χ0n) is 8.98. The number of rotatable bonds is 2. The van der Waals surface area contributed by atoms with Crippen molar-refractivity contribution in [2.24, 2.45) is 0 Å². The summed E-state index contributed by atoms with van der Waals surface area (Å²) in [6.45, 7) is 0.348. The Morgan fingerprint density at radius 3 is 2.39 bits per heavy atom. The van der Waals surface area contributed by atoms with Crippen molar-refractivity contribution < 1.29 is 23.1 Å². The lowest BCUT2D eigenvalue weighted by Crippen LogP contribution is -2.52. The Bertz CT molecular complexity index is 475. The third-order valence-electron chi connectivity index (χ3n) is 2.19. The zero-order valence-corrected chi connectivity index (χ0v) is 10.5. The second kappa shape index (κ2) is 4.95. The van der Waals surface area contributed by atoms with E-state index < -0.39 is 17.7 Å². The van der Waals surface area contributed by atoms with Gasteiger partial charge in [0.25, 0.3) is 5.91 Å². The smallest absolute Gasteiger partial charge is 0.373 e. The van der Waals surface area contributed by atoms with E-state index in [1.165, 1.54) is 18.2 Å². The van der Waals surface area contributed by atoms with Gasteiger partial charge in [0.15, 0.2) is 0 Å². The predicted octanol–water partition coefficient (Wildman–Crippen LogP) is 3.25. The first-order valence-corrected chi connectivity index (χ1v) is 5.37. The van der Waals surface area contributed by atoms with Crippen molar-refractivity contribution in [3.05, 3.63) is 28.2 Å². The number of hydrogen-bond donors (Lipinski definition) is 2. The summed E-state index contributed by atoms with van der Waals surface area (Å²) in [4.78, 5) is 11.4. The maximum Gasteiger partial charge on any atom is 0.426 e. The Morgan fingerprint density at radius 1 is 1.33 bits per heavy atom. The molecule has 2 N–H and O–H groups in total. The number of nitrogens with one attached hydrogen (secondary N) is 1. The van der Waals surface area contributed by atoms with Gasteiger partial charge in [-0.05, 0) is 19.1 Å². The van der Waals surface area contributed by atoms with Crippen LogP contribution >= 0.6 is 23.2 Å². The minimum atomic E-state index is -5.10. The SMILES string of the molecule is CC(O)(C(=O)Nc1cccc(Cl)c1Cl)C(F)(F)F. The van der Waals surface area contributed by atoms with Crippen LogP contribution in [0.15, 0.2) is 18.2 Å². The van der Waals surface area contributed by atoms with E-state index in [0.717, 1.165) is 0 Å². The van der Waals surface area contributed by atoms with Crippen LogP contribution in [0.25, 0.3) is 0 Å². The fraction of sp³-hybridized carbons (Fsp3) is 0.300. The number of carbonyl (C=O) groups is 1. The van der Waals surface area contributed by atoms with Crippen LogP contribution in [0.1, 0.15) is 6.92 Å². The molecule has 0 saturated carbocycles. The van der Waals surface area contributed by atoms with Crippen LogP contribution < -0.4 is 5.32 Å². The monoisotopic (exact) mass is 301 g/mol. The van der Waals surface area contributed by atoms with Crippen molar-refractivity contribution in [2.45, 2.75) is 18.7 Å². The Labute approximate surface area is 110 Å². The van der Waals surface area contributed by atoms with Crippen LogP contribution in [-0.4, -0.2) is 22.8 Å². The summed E-state index contributed by atoms with van der Waals surface area (Å²) in [6, 6.07) is 4.06. The summed E-state index contributed by atoms with van der Waals surface area (Å²) in [5, 5.41) is 11.0. The van der Waals surface area contributed by atoms with Gasteiger partial charge >= 0.3 is 6.18 Å². The summed E-state index contributed by atoms with van der Waals surface area (Å²) >= 11 is 11.3. The first-order valence-electron chi connectivity index (χ1n) is 4.62. The van der Waals surface area contributed by atoms with Gasteiger partial charge in [0.05, 0.1) is 15.7 Å². The molecule has 1 rings (SSSR count). The van der Waals surface area contributed by atoms with Gasteiger partial charge in [-0.25, -0.2) is 0 Å². The number of benzene rings is 1. The minimum absolute atomic E-state index is 0.0705. The average Bonchev–Trinajstić information content (AvgIpc) is 2.23. The number of anilines is 1. The molecule has 0 heterocycles. The molecule has 100 valence electrons. The third kappa shape index (κ3) is 2.88. The summed E-state index contributed by atoms with van der Waals surface area (Å²) in [6.07, 6.45) is -5.10. The van der Waals surface area contributed by atoms with Gasteiger partial charge in [-0.15, -0.1) is 0 Å². The van der Waals surface area contributed by atoms with Crippen molar-refractivity contribution in [3.8, 4) is 0 Å². The van der Waals surface area contributed by atoms with E-state index in [1.807, 2.05) is 5.32 Å². The molecule has 18 heavy (non-hydrogen) atoms. The van der Waals surface area contributed by atoms with E-state index in [4.69, 9.17) is 28.3 Å². The maximum absolute atomic E-state index is 12.4. The van der Waals surface area contributed by atoms with Gasteiger partial charge in [-0.1, -0.05) is 29.3 Å². The second-order valence-corrected chi connectivity index (χ2v) is 4.41. The van der Waals surface area contributed by atoms with E-state index in [-0.39, 0.29) is 15.7 Å². The summed E-state index contributed by atoms with van der Waals surface area (Å²) in [5.74, 6) is -1.64. The van der Waals surface area contributed by atoms with Crippen LogP contribution in [0.5, 0.6) is 0 Å². The van der Waals surface area contributed by atoms with Crippen LogP contribution in [0.4, 0.5) is 18.9 Å². The molecule has 0 aliphatic heterocycles. The number of amides is 1. The van der Waals surface area contributed by atoms with Gasteiger partial charge < -0.3 is 10.4 Å². The number of carbonyl (C=O) groups excluding carboxylic acids is 1. The number of alkyl halides is 3. The lowest BCUT2D eigenvalue weighted by molar-refractivity contribution is -0.242. The van der Waals surface area contributed by atoms with Crippen molar-refractivity contribution in [1.29, 1.82) is 0 Å². The average molecular weight is 302 g/mol. The number of halogens is 5. The number of hydrogen-bond acceptors (Lipinski definition) is 2. The number of aliphatic hydroxyl groups is 1. The first-order chi connectivity index (χ1) is 8.07. The molecule has 0 saturated heterocycles. The maximum atomic E-state index is 12.4. The zero-order chi connectivity index (χ0) is 14.1. The molecule has 1 unspecified atom stereocenters. The van der Waals surface area contributed by atoms with E-state index in [9.17, 15) is 18.0 Å². The Morgan fingerprint density at radius 2 is 1.89 bits per heavy atom. The van der Waals surface area contributed by atoms with Gasteiger partial charge in [-0.3, -0.25) is 4.79 Å². The molecule has 0 spiro atoms. The van der Waals surface area contributed by atoms with Crippen LogP contribution in [0.3, 0.4) is 0 Å². The third-order valence-corrected chi connectivity index (χ3v) is 3.01. The highest BCUT2D eigenvalue weighted by Crippen LogP contribution is 2.33. The van der Waals surface area contributed by atoms with Gasteiger partial charge in [0.2, 0.25) is 5.60 Å². The molecule has 1 aromatic carbocycles. The normalized spacial score (nSPS) is 15.1. The van der Waals surface area contributed by atoms with Gasteiger partial charge in [0, 0.05) is 0 Å². The highest BCUT2D eigenvalue weighted by molar-refractivity contribution is 6.44. The lowest BCUT2D eigenvalue weighted by Gasteiger charge is -2.25. The second-order valence-electron chi connectivity index (χ2n) is 3.63. The molecule has 0 radical (unpaired) electrons. The molecule has 0 aromatic heterocycles. The Hall–Kier alpha value is -0.980. The topological polar surface area (TPSA) is 49.3 Å². The predicted molar refractivity (Wildman–Crippen MR) is 61.8 cm³/mol. The van der Waals surface area contributed by atoms with Crippen molar-refractivity contribution in [1.82, 2.24) is 0 Å². The standard InChI is InChI=1S/C10H8Cl2F3NO2/c1-9(18,10(13,14)15)8(17)16-6-4-2-3-5(11)7(6)12/h2-4,18H,1H3,(H,16,17). The van der Waals surface area contributed by atoms with Crippen molar-refractivity contribution in [2.75, 3.05) is 5.32 Å². The molecule has 8 heteroatoms. The molecule has 0 fully saturated rings. The molecule has 1 amide bonds.